The Hall–Kier alpha value is -3.57. The number of hydrogen-bond donors (Lipinski definition) is 1. The molecule has 1 aliphatic rings. The maximum Gasteiger partial charge on any atom is 0.270 e. The van der Waals surface area contributed by atoms with Crippen LogP contribution in [0.3, 0.4) is 0 Å². The van der Waals surface area contributed by atoms with E-state index < -0.39 is 5.82 Å². The van der Waals surface area contributed by atoms with Crippen LogP contribution in [0.4, 0.5) is 4.39 Å². The van der Waals surface area contributed by atoms with Crippen molar-refractivity contribution in [1.82, 2.24) is 30.0 Å². The van der Waals surface area contributed by atoms with Gasteiger partial charge >= 0.3 is 0 Å². The highest BCUT2D eigenvalue weighted by Crippen LogP contribution is 2.34. The highest BCUT2D eigenvalue weighted by Gasteiger charge is 2.23. The molecular formula is C31H28ClFN6OS2. The smallest absolute Gasteiger partial charge is 0.270 e. The molecule has 0 spiro atoms. The number of piperidine rings is 1. The summed E-state index contributed by atoms with van der Waals surface area (Å²) < 4.78 is 16.6. The van der Waals surface area contributed by atoms with Gasteiger partial charge in [-0.1, -0.05) is 78.0 Å². The van der Waals surface area contributed by atoms with Crippen LogP contribution in [0.1, 0.15) is 33.9 Å². The molecule has 1 saturated heterocycles. The van der Waals surface area contributed by atoms with Crippen LogP contribution in [0, 0.1) is 5.82 Å². The van der Waals surface area contributed by atoms with Crippen LogP contribution in [0.15, 0.2) is 89.4 Å². The maximum absolute atomic E-state index is 14.9. The third kappa shape index (κ3) is 6.57. The summed E-state index contributed by atoms with van der Waals surface area (Å²) >= 11 is 9.25. The van der Waals surface area contributed by atoms with Gasteiger partial charge in [-0.15, -0.1) is 21.5 Å². The number of likely N-dealkylation sites (tertiary alicyclic amines) is 1. The standard InChI is InChI=1S/C31H28ClFN6OS2/c32-24-11-5-4-10-23(24)29-36-37-31(39(29)27-13-7-6-12-25(27)33)42-20-28-35-26(19-41-28)30(40)34-22-14-16-38(17-15-22)18-21-8-2-1-3-9-21/h1-13,19,22H,14-18,20H2,(H,34,40). The Bertz CT molecular complexity index is 1670. The van der Waals surface area contributed by atoms with Crippen molar-refractivity contribution in [2.24, 2.45) is 0 Å². The highest BCUT2D eigenvalue weighted by atomic mass is 35.5. The zero-order valence-electron chi connectivity index (χ0n) is 22.6. The molecule has 7 nitrogen and oxygen atoms in total. The quantitative estimate of drug-likeness (QED) is 0.182. The first-order valence-corrected chi connectivity index (χ1v) is 15.9. The molecule has 2 aromatic heterocycles. The fourth-order valence-corrected chi connectivity index (χ4v) is 6.93. The van der Waals surface area contributed by atoms with Crippen LogP contribution in [0.25, 0.3) is 17.1 Å². The summed E-state index contributed by atoms with van der Waals surface area (Å²) in [6.07, 6.45) is 1.82. The fourth-order valence-electron chi connectivity index (χ4n) is 4.97. The molecule has 42 heavy (non-hydrogen) atoms. The van der Waals surface area contributed by atoms with Crippen molar-refractivity contribution in [3.63, 3.8) is 0 Å². The predicted molar refractivity (Wildman–Crippen MR) is 166 cm³/mol. The Labute approximate surface area is 256 Å². The van der Waals surface area contributed by atoms with Crippen LogP contribution < -0.4 is 5.32 Å². The summed E-state index contributed by atoms with van der Waals surface area (Å²) in [5.41, 5.74) is 2.70. The molecule has 0 radical (unpaired) electrons. The van der Waals surface area contributed by atoms with Gasteiger partial charge in [0.05, 0.1) is 16.5 Å². The van der Waals surface area contributed by atoms with Crippen LogP contribution >= 0.6 is 34.7 Å². The van der Waals surface area contributed by atoms with E-state index in [1.165, 1.54) is 34.7 Å². The van der Waals surface area contributed by atoms with Gasteiger partial charge < -0.3 is 5.32 Å². The normalized spacial score (nSPS) is 14.2. The largest absolute Gasteiger partial charge is 0.348 e. The summed E-state index contributed by atoms with van der Waals surface area (Å²) in [5.74, 6) is 0.346. The van der Waals surface area contributed by atoms with Gasteiger partial charge in [-0.05, 0) is 42.7 Å². The molecule has 1 aliphatic heterocycles. The lowest BCUT2D eigenvalue weighted by molar-refractivity contribution is 0.0904. The van der Waals surface area contributed by atoms with Gasteiger partial charge in [0.2, 0.25) is 0 Å². The molecule has 11 heteroatoms. The topological polar surface area (TPSA) is 75.9 Å². The Morgan fingerprint density at radius 2 is 1.74 bits per heavy atom. The van der Waals surface area contributed by atoms with Crippen LogP contribution in [-0.2, 0) is 12.3 Å². The molecule has 1 fully saturated rings. The van der Waals surface area contributed by atoms with E-state index in [2.05, 4.69) is 49.7 Å². The first kappa shape index (κ1) is 28.5. The summed E-state index contributed by atoms with van der Waals surface area (Å²) in [4.78, 5) is 20.0. The van der Waals surface area contributed by atoms with Crippen LogP contribution in [0.2, 0.25) is 5.02 Å². The van der Waals surface area contributed by atoms with E-state index >= 15 is 0 Å². The van der Waals surface area contributed by atoms with Crippen molar-refractivity contribution in [3.8, 4) is 17.1 Å². The highest BCUT2D eigenvalue weighted by molar-refractivity contribution is 7.98. The van der Waals surface area contributed by atoms with Gasteiger partial charge in [0.1, 0.15) is 16.5 Å². The minimum Gasteiger partial charge on any atom is -0.348 e. The Morgan fingerprint density at radius 3 is 2.52 bits per heavy atom. The summed E-state index contributed by atoms with van der Waals surface area (Å²) in [5, 5.41) is 15.4. The number of nitrogens with one attached hydrogen (secondary N) is 1. The second kappa shape index (κ2) is 13.2. The summed E-state index contributed by atoms with van der Waals surface area (Å²) in [6, 6.07) is 24.4. The van der Waals surface area contributed by atoms with Crippen molar-refractivity contribution in [1.29, 1.82) is 0 Å². The zero-order chi connectivity index (χ0) is 28.9. The van der Waals surface area contributed by atoms with Gasteiger partial charge in [0.15, 0.2) is 11.0 Å². The average Bonchev–Trinajstić information content (AvgIpc) is 3.66. The number of aromatic nitrogens is 4. The molecule has 3 aromatic carbocycles. The first-order valence-electron chi connectivity index (χ1n) is 13.6. The van der Waals surface area contributed by atoms with Gasteiger partial charge in [-0.25, -0.2) is 9.37 Å². The van der Waals surface area contributed by atoms with E-state index in [4.69, 9.17) is 11.6 Å². The van der Waals surface area contributed by atoms with E-state index in [1.807, 2.05) is 24.3 Å². The number of carbonyl (C=O) groups is 1. The van der Waals surface area contributed by atoms with Gasteiger partial charge in [-0.3, -0.25) is 14.3 Å². The molecule has 0 bridgehead atoms. The second-order valence-corrected chi connectivity index (χ2v) is 12.3. The fraction of sp³-hybridized carbons (Fsp3) is 0.226. The van der Waals surface area contributed by atoms with E-state index in [1.54, 1.807) is 34.2 Å². The lowest BCUT2D eigenvalue weighted by Crippen LogP contribution is -2.44. The average molecular weight is 619 g/mol. The van der Waals surface area contributed by atoms with Crippen molar-refractivity contribution < 1.29 is 9.18 Å². The number of nitrogens with zero attached hydrogens (tertiary/aromatic N) is 5. The number of carbonyl (C=O) groups excluding carboxylic acids is 1. The van der Waals surface area contributed by atoms with Crippen molar-refractivity contribution in [3.05, 3.63) is 111 Å². The molecule has 0 unspecified atom stereocenters. The molecule has 0 aliphatic carbocycles. The van der Waals surface area contributed by atoms with E-state index in [-0.39, 0.29) is 11.9 Å². The minimum absolute atomic E-state index is 0.131. The van der Waals surface area contributed by atoms with Crippen LogP contribution in [-0.4, -0.2) is 49.7 Å². The van der Waals surface area contributed by atoms with Gasteiger partial charge in [0.25, 0.3) is 5.91 Å². The number of amides is 1. The summed E-state index contributed by atoms with van der Waals surface area (Å²) in [6.45, 7) is 2.81. The summed E-state index contributed by atoms with van der Waals surface area (Å²) in [7, 11) is 0. The van der Waals surface area contributed by atoms with Crippen molar-refractivity contribution >= 4 is 40.6 Å². The SMILES string of the molecule is O=C(NC1CCN(Cc2ccccc2)CC1)c1csc(CSc2nnc(-c3ccccc3Cl)n2-c2ccccc2F)n1. The molecule has 0 saturated carbocycles. The van der Waals surface area contributed by atoms with Gasteiger partial charge in [0, 0.05) is 36.6 Å². The molecule has 6 rings (SSSR count). The lowest BCUT2D eigenvalue weighted by Gasteiger charge is -2.32. The number of thioether (sulfide) groups is 1. The molecule has 214 valence electrons. The second-order valence-electron chi connectivity index (χ2n) is 10.00. The number of rotatable bonds is 9. The number of para-hydroxylation sites is 1. The van der Waals surface area contributed by atoms with E-state index in [0.717, 1.165) is 37.5 Å². The molecule has 0 atom stereocenters. The lowest BCUT2D eigenvalue weighted by atomic mass is 10.0. The Morgan fingerprint density at radius 1 is 1.00 bits per heavy atom. The molecule has 1 amide bonds. The first-order chi connectivity index (χ1) is 20.5. The minimum atomic E-state index is -0.397. The molecule has 5 aromatic rings. The zero-order valence-corrected chi connectivity index (χ0v) is 25.0. The third-order valence-corrected chi connectivity index (χ3v) is 9.42. The monoisotopic (exact) mass is 618 g/mol. The number of thiazole rings is 1. The maximum atomic E-state index is 14.9. The van der Waals surface area contributed by atoms with Crippen molar-refractivity contribution in [2.45, 2.75) is 36.3 Å². The van der Waals surface area contributed by atoms with Crippen LogP contribution in [0.5, 0.6) is 0 Å². The van der Waals surface area contributed by atoms with E-state index in [9.17, 15) is 9.18 Å². The number of halogens is 2. The molecular weight excluding hydrogens is 591 g/mol. The van der Waals surface area contributed by atoms with E-state index in [0.29, 0.717) is 38.7 Å². The number of benzene rings is 3. The Balaban J connectivity index is 1.10. The number of hydrogen-bond acceptors (Lipinski definition) is 7. The third-order valence-electron chi connectivity index (χ3n) is 7.12. The van der Waals surface area contributed by atoms with Crippen molar-refractivity contribution in [2.75, 3.05) is 13.1 Å². The predicted octanol–water partition coefficient (Wildman–Crippen LogP) is 6.87. The molecule has 1 N–H and O–H groups in total. The van der Waals surface area contributed by atoms with Gasteiger partial charge in [-0.2, -0.15) is 0 Å². The molecule has 3 heterocycles. The Kier molecular flexibility index (Phi) is 8.95.